The summed E-state index contributed by atoms with van der Waals surface area (Å²) in [5.74, 6) is 1.78. The molecule has 0 aliphatic carbocycles. The van der Waals surface area contributed by atoms with Crippen LogP contribution in [0.25, 0.3) is 0 Å². The summed E-state index contributed by atoms with van der Waals surface area (Å²) in [6, 6.07) is 13.6. The van der Waals surface area contributed by atoms with Crippen molar-refractivity contribution in [2.24, 2.45) is 0 Å². The molecule has 0 atom stereocenters. The number of sulfonamides is 1. The van der Waals surface area contributed by atoms with Crippen LogP contribution in [0.2, 0.25) is 0 Å². The van der Waals surface area contributed by atoms with E-state index in [9.17, 15) is 13.2 Å². The molecule has 1 heterocycles. The van der Waals surface area contributed by atoms with E-state index >= 15 is 0 Å². The Kier molecular flexibility index (Phi) is 8.45. The Morgan fingerprint density at radius 1 is 1.00 bits per heavy atom. The van der Waals surface area contributed by atoms with Crippen LogP contribution >= 0.6 is 0 Å². The summed E-state index contributed by atoms with van der Waals surface area (Å²) in [6.07, 6.45) is 0.849. The normalized spacial score (nSPS) is 11.4. The summed E-state index contributed by atoms with van der Waals surface area (Å²) in [5.41, 5.74) is 3.67. The first-order chi connectivity index (χ1) is 16.5. The zero-order valence-corrected chi connectivity index (χ0v) is 21.6. The van der Waals surface area contributed by atoms with Crippen molar-refractivity contribution in [3.05, 3.63) is 71.2 Å². The highest BCUT2D eigenvalue weighted by Gasteiger charge is 2.16. The molecule has 35 heavy (non-hydrogen) atoms. The molecule has 0 saturated carbocycles. The quantitative estimate of drug-likeness (QED) is 0.377. The number of carbonyl (C=O) groups is 1. The van der Waals surface area contributed by atoms with Gasteiger partial charge in [-0.05, 0) is 80.6 Å². The highest BCUT2D eigenvalue weighted by molar-refractivity contribution is 7.92. The lowest BCUT2D eigenvalue weighted by atomic mass is 9.98. The minimum absolute atomic E-state index is 0.0663. The first-order valence-corrected chi connectivity index (χ1v) is 13.0. The Morgan fingerprint density at radius 2 is 1.71 bits per heavy atom. The van der Waals surface area contributed by atoms with Gasteiger partial charge in [-0.15, -0.1) is 0 Å². The topological polar surface area (TPSA) is 110 Å². The molecule has 8 nitrogen and oxygen atoms in total. The SMILES string of the molecule is Cc1cc(NS(=O)(=O)c2ccc(NC(=O)CCCOc3ccc(C(C)C)c(C)c3)cc2)nc(C)n1. The van der Waals surface area contributed by atoms with Crippen molar-refractivity contribution >= 4 is 27.4 Å². The number of carbonyl (C=O) groups excluding carboxylic acids is 1. The predicted molar refractivity (Wildman–Crippen MR) is 137 cm³/mol. The number of amides is 1. The fourth-order valence-electron chi connectivity index (χ4n) is 3.72. The molecule has 3 aromatic rings. The number of benzene rings is 2. The number of nitrogens with zero attached hydrogens (tertiary/aromatic N) is 2. The van der Waals surface area contributed by atoms with Crippen LogP contribution in [-0.2, 0) is 14.8 Å². The highest BCUT2D eigenvalue weighted by atomic mass is 32.2. The van der Waals surface area contributed by atoms with E-state index in [1.54, 1.807) is 32.0 Å². The Bertz CT molecular complexity index is 1270. The number of anilines is 2. The van der Waals surface area contributed by atoms with E-state index in [1.165, 1.54) is 23.3 Å². The number of nitrogens with one attached hydrogen (secondary N) is 2. The van der Waals surface area contributed by atoms with Crippen molar-refractivity contribution in [2.45, 2.75) is 58.3 Å². The van der Waals surface area contributed by atoms with Crippen molar-refractivity contribution < 1.29 is 17.9 Å². The molecular formula is C26H32N4O4S. The number of aryl methyl sites for hydroxylation is 3. The molecule has 1 amide bonds. The number of hydrogen-bond donors (Lipinski definition) is 2. The molecule has 0 fully saturated rings. The summed E-state index contributed by atoms with van der Waals surface area (Å²) >= 11 is 0. The molecule has 0 aliphatic rings. The van der Waals surface area contributed by atoms with Crippen molar-refractivity contribution in [1.82, 2.24) is 9.97 Å². The number of ether oxygens (including phenoxy) is 1. The Hall–Kier alpha value is -3.46. The molecule has 2 N–H and O–H groups in total. The van der Waals surface area contributed by atoms with Crippen molar-refractivity contribution in [3.8, 4) is 5.75 Å². The number of rotatable bonds is 10. The second kappa shape index (κ2) is 11.3. The fraction of sp³-hybridized carbons (Fsp3) is 0.346. The average Bonchev–Trinajstić information content (AvgIpc) is 2.76. The minimum Gasteiger partial charge on any atom is -0.494 e. The third-order valence-electron chi connectivity index (χ3n) is 5.33. The summed E-state index contributed by atoms with van der Waals surface area (Å²) in [5, 5.41) is 2.78. The second-order valence-corrected chi connectivity index (χ2v) is 10.4. The molecule has 0 spiro atoms. The third-order valence-corrected chi connectivity index (χ3v) is 6.70. The fourth-order valence-corrected chi connectivity index (χ4v) is 4.71. The first-order valence-electron chi connectivity index (χ1n) is 11.5. The van der Waals surface area contributed by atoms with E-state index in [4.69, 9.17) is 4.74 Å². The zero-order valence-electron chi connectivity index (χ0n) is 20.8. The summed E-state index contributed by atoms with van der Waals surface area (Å²) in [7, 11) is -3.82. The maximum atomic E-state index is 12.6. The van der Waals surface area contributed by atoms with Gasteiger partial charge in [-0.25, -0.2) is 18.4 Å². The number of aromatic nitrogens is 2. The van der Waals surface area contributed by atoms with Gasteiger partial charge in [0.25, 0.3) is 10.0 Å². The first kappa shape index (κ1) is 26.2. The van der Waals surface area contributed by atoms with Gasteiger partial charge in [0.15, 0.2) is 0 Å². The van der Waals surface area contributed by atoms with E-state index in [2.05, 4.69) is 46.8 Å². The van der Waals surface area contributed by atoms with Gasteiger partial charge in [0.05, 0.1) is 11.5 Å². The average molecular weight is 497 g/mol. The van der Waals surface area contributed by atoms with E-state index in [-0.39, 0.29) is 23.0 Å². The molecule has 3 rings (SSSR count). The smallest absolute Gasteiger partial charge is 0.263 e. The standard InChI is InChI=1S/C26H32N4O4S/c1-17(2)24-13-10-22(15-18(24)3)34-14-6-7-26(31)29-21-8-11-23(12-9-21)35(32,33)30-25-16-19(4)27-20(5)28-25/h8-13,15-17H,6-7,14H2,1-5H3,(H,29,31)(H,27,28,30). The molecular weight excluding hydrogens is 464 g/mol. The molecule has 0 aliphatic heterocycles. The Labute approximate surface area is 207 Å². The lowest BCUT2D eigenvalue weighted by Crippen LogP contribution is -2.15. The van der Waals surface area contributed by atoms with Crippen LogP contribution in [0, 0.1) is 20.8 Å². The Balaban J connectivity index is 1.48. The molecule has 186 valence electrons. The van der Waals surface area contributed by atoms with E-state index in [0.717, 1.165) is 5.75 Å². The molecule has 0 unspecified atom stereocenters. The van der Waals surface area contributed by atoms with Crippen LogP contribution in [0.5, 0.6) is 5.75 Å². The predicted octanol–water partition coefficient (Wildman–Crippen LogP) is 5.12. The summed E-state index contributed by atoms with van der Waals surface area (Å²) < 4.78 is 33.5. The third kappa shape index (κ3) is 7.51. The molecule has 2 aromatic carbocycles. The molecule has 0 radical (unpaired) electrons. The molecule has 0 saturated heterocycles. The van der Waals surface area contributed by atoms with Gasteiger partial charge in [0, 0.05) is 23.9 Å². The summed E-state index contributed by atoms with van der Waals surface area (Å²) in [6.45, 7) is 10.3. The largest absolute Gasteiger partial charge is 0.494 e. The lowest BCUT2D eigenvalue weighted by molar-refractivity contribution is -0.116. The molecule has 0 bridgehead atoms. The van der Waals surface area contributed by atoms with Gasteiger partial charge in [-0.2, -0.15) is 0 Å². The van der Waals surface area contributed by atoms with Gasteiger partial charge in [-0.3, -0.25) is 9.52 Å². The summed E-state index contributed by atoms with van der Waals surface area (Å²) in [4.78, 5) is 20.6. The zero-order chi connectivity index (χ0) is 25.6. The van der Waals surface area contributed by atoms with Crippen molar-refractivity contribution in [3.63, 3.8) is 0 Å². The van der Waals surface area contributed by atoms with Crippen LogP contribution in [0.1, 0.15) is 55.3 Å². The lowest BCUT2D eigenvalue weighted by Gasteiger charge is -2.12. The van der Waals surface area contributed by atoms with Crippen molar-refractivity contribution in [1.29, 1.82) is 0 Å². The van der Waals surface area contributed by atoms with Gasteiger partial charge in [0.1, 0.15) is 17.4 Å². The van der Waals surface area contributed by atoms with Gasteiger partial charge in [-0.1, -0.05) is 19.9 Å². The van der Waals surface area contributed by atoms with Gasteiger partial charge >= 0.3 is 0 Å². The maximum absolute atomic E-state index is 12.6. The Morgan fingerprint density at radius 3 is 2.34 bits per heavy atom. The van der Waals surface area contributed by atoms with Crippen LogP contribution in [0.4, 0.5) is 11.5 Å². The van der Waals surface area contributed by atoms with Gasteiger partial charge < -0.3 is 10.1 Å². The molecule has 1 aromatic heterocycles. The van der Waals surface area contributed by atoms with Crippen LogP contribution in [0.15, 0.2) is 53.4 Å². The van der Waals surface area contributed by atoms with E-state index in [1.807, 2.05) is 12.1 Å². The van der Waals surface area contributed by atoms with Crippen molar-refractivity contribution in [2.75, 3.05) is 16.6 Å². The second-order valence-electron chi connectivity index (χ2n) is 8.74. The van der Waals surface area contributed by atoms with Crippen LogP contribution < -0.4 is 14.8 Å². The minimum atomic E-state index is -3.82. The molecule has 9 heteroatoms. The van der Waals surface area contributed by atoms with Crippen LogP contribution in [-0.4, -0.2) is 30.9 Å². The van der Waals surface area contributed by atoms with E-state index in [0.29, 0.717) is 36.2 Å². The van der Waals surface area contributed by atoms with Crippen LogP contribution in [0.3, 0.4) is 0 Å². The van der Waals surface area contributed by atoms with E-state index < -0.39 is 10.0 Å². The number of hydrogen-bond acceptors (Lipinski definition) is 6. The van der Waals surface area contributed by atoms with Gasteiger partial charge in [0.2, 0.25) is 5.91 Å². The monoisotopic (exact) mass is 496 g/mol. The maximum Gasteiger partial charge on any atom is 0.263 e. The highest BCUT2D eigenvalue weighted by Crippen LogP contribution is 2.24.